The van der Waals surface area contributed by atoms with E-state index in [4.69, 9.17) is 11.6 Å². The second kappa shape index (κ2) is 11.4. The third kappa shape index (κ3) is 5.56. The van der Waals surface area contributed by atoms with Crippen LogP contribution < -0.4 is 15.4 Å². The first-order valence-electron chi connectivity index (χ1n) is 14.2. The summed E-state index contributed by atoms with van der Waals surface area (Å²) >= 11 is 6.21. The predicted molar refractivity (Wildman–Crippen MR) is 164 cm³/mol. The Bertz CT molecular complexity index is 1780. The van der Waals surface area contributed by atoms with E-state index in [0.717, 1.165) is 36.6 Å². The van der Waals surface area contributed by atoms with Gasteiger partial charge in [-0.05, 0) is 111 Å². The fraction of sp³-hybridized carbons (Fsp3) is 0.355. The van der Waals surface area contributed by atoms with Crippen LogP contribution in [0.15, 0.2) is 53.6 Å². The van der Waals surface area contributed by atoms with E-state index in [9.17, 15) is 13.5 Å². The van der Waals surface area contributed by atoms with Gasteiger partial charge in [0.05, 0.1) is 22.2 Å². The molecule has 0 bridgehead atoms. The lowest BCUT2D eigenvalue weighted by molar-refractivity contribution is 0.180. The molecule has 1 saturated carbocycles. The summed E-state index contributed by atoms with van der Waals surface area (Å²) in [6, 6.07) is 12.0. The van der Waals surface area contributed by atoms with Crippen molar-refractivity contribution in [2.45, 2.75) is 68.5 Å². The van der Waals surface area contributed by atoms with Crippen LogP contribution in [0.25, 0.3) is 22.0 Å². The lowest BCUT2D eigenvalue weighted by Gasteiger charge is -2.28. The molecule has 0 spiro atoms. The van der Waals surface area contributed by atoms with Crippen molar-refractivity contribution < 1.29 is 17.9 Å². The van der Waals surface area contributed by atoms with Gasteiger partial charge >= 0.3 is 0 Å². The second-order valence-electron chi connectivity index (χ2n) is 11.2. The van der Waals surface area contributed by atoms with E-state index < -0.39 is 21.9 Å². The molecule has 1 heterocycles. The van der Waals surface area contributed by atoms with Gasteiger partial charge in [-0.15, -0.1) is 0 Å². The van der Waals surface area contributed by atoms with Crippen LogP contribution in [0.5, 0.6) is 0 Å². The first-order chi connectivity index (χ1) is 20.1. The molecule has 1 aromatic heterocycles. The molecule has 42 heavy (non-hydrogen) atoms. The fourth-order valence-electron chi connectivity index (χ4n) is 6.18. The van der Waals surface area contributed by atoms with Crippen LogP contribution >= 0.6 is 11.6 Å². The van der Waals surface area contributed by atoms with Crippen molar-refractivity contribution in [3.8, 4) is 11.1 Å². The zero-order valence-electron chi connectivity index (χ0n) is 23.4. The van der Waals surface area contributed by atoms with Crippen molar-refractivity contribution in [2.24, 2.45) is 0 Å². The van der Waals surface area contributed by atoms with E-state index >= 15 is 4.39 Å². The first-order valence-corrected chi connectivity index (χ1v) is 16.0. The molecule has 2 aliphatic rings. The quantitative estimate of drug-likeness (QED) is 0.199. The number of hydrogen-bond donors (Lipinski definition) is 4. The number of nitrogens with zero attached hydrogens (tertiary/aromatic N) is 2. The van der Waals surface area contributed by atoms with Crippen LogP contribution in [0, 0.1) is 12.7 Å². The van der Waals surface area contributed by atoms with Crippen LogP contribution in [-0.2, 0) is 16.4 Å². The van der Waals surface area contributed by atoms with E-state index in [2.05, 4.69) is 25.3 Å². The molecule has 6 rings (SSSR count). The number of aromatic nitrogens is 2. The number of aliphatic hydroxyl groups is 1. The normalized spacial score (nSPS) is 20.5. The van der Waals surface area contributed by atoms with Crippen molar-refractivity contribution >= 4 is 44.2 Å². The number of nitrogens with one attached hydrogen (secondary N) is 3. The van der Waals surface area contributed by atoms with Crippen LogP contribution in [0.2, 0.25) is 5.02 Å². The summed E-state index contributed by atoms with van der Waals surface area (Å²) in [5, 5.41) is 18.0. The van der Waals surface area contributed by atoms with Gasteiger partial charge in [-0.3, -0.25) is 4.72 Å². The maximum Gasteiger partial charge on any atom is 0.262 e. The number of hydrogen-bond acceptors (Lipinski definition) is 7. The average molecular weight is 610 g/mol. The van der Waals surface area contributed by atoms with Crippen molar-refractivity contribution in [1.82, 2.24) is 15.3 Å². The Morgan fingerprint density at radius 3 is 2.55 bits per heavy atom. The Hall–Kier alpha value is -3.31. The number of anilines is 2. The monoisotopic (exact) mass is 609 g/mol. The van der Waals surface area contributed by atoms with Gasteiger partial charge in [0.2, 0.25) is 5.95 Å². The predicted octanol–water partition coefficient (Wildman–Crippen LogP) is 6.12. The lowest BCUT2D eigenvalue weighted by Crippen LogP contribution is -2.35. The number of rotatable bonds is 7. The van der Waals surface area contributed by atoms with Crippen LogP contribution in [-0.4, -0.2) is 42.6 Å². The van der Waals surface area contributed by atoms with Gasteiger partial charge in [-0.2, -0.15) is 0 Å². The minimum Gasteiger partial charge on any atom is -0.388 e. The third-order valence-corrected chi connectivity index (χ3v) is 10.2. The molecule has 11 heteroatoms. The molecule has 0 radical (unpaired) electrons. The van der Waals surface area contributed by atoms with E-state index in [1.54, 1.807) is 25.3 Å². The molecule has 220 valence electrons. The fourth-order valence-corrected chi connectivity index (χ4v) is 7.92. The van der Waals surface area contributed by atoms with Crippen LogP contribution in [0.3, 0.4) is 0 Å². The Balaban J connectivity index is 1.27. The first kappa shape index (κ1) is 28.8. The molecule has 0 aliphatic heterocycles. The number of fused-ring (bicyclic) bond motifs is 2. The standard InChI is InChI=1S/C31H33ClFN5O3S/c1-17-26(38-42(40,41)29-15-20(32)14-24-23(29)8-12-28(24)39)11-9-25(33)30(17)18-3-10-27-19(13-18)16-35-31(37-27)36-22-6-4-21(34-2)5-7-22/h3,9-11,13-16,21-22,28,34,38-39H,4-8,12H2,1-2H3,(H,35,36,37)/t21?,22?,28-/m1/s1. The van der Waals surface area contributed by atoms with Crippen molar-refractivity contribution in [3.05, 3.63) is 76.2 Å². The second-order valence-corrected chi connectivity index (χ2v) is 13.3. The summed E-state index contributed by atoms with van der Waals surface area (Å²) < 4.78 is 44.9. The third-order valence-electron chi connectivity index (χ3n) is 8.52. The molecular weight excluding hydrogens is 577 g/mol. The SMILES string of the molecule is CNC1CCC(Nc2ncc3cc(-c4c(F)ccc(NS(=O)(=O)c5cc(Cl)cc6c5CC[C@H]6O)c4C)ccc3n2)CC1. The molecule has 1 fully saturated rings. The van der Waals surface area contributed by atoms with Gasteiger partial charge in [0.25, 0.3) is 10.0 Å². The topological polar surface area (TPSA) is 116 Å². The number of aliphatic hydroxyl groups excluding tert-OH is 1. The lowest BCUT2D eigenvalue weighted by atomic mass is 9.91. The largest absolute Gasteiger partial charge is 0.388 e. The summed E-state index contributed by atoms with van der Waals surface area (Å²) in [5.74, 6) is 0.0971. The Morgan fingerprint density at radius 1 is 1.02 bits per heavy atom. The Morgan fingerprint density at radius 2 is 1.79 bits per heavy atom. The summed E-state index contributed by atoms with van der Waals surface area (Å²) in [6.45, 7) is 1.68. The summed E-state index contributed by atoms with van der Waals surface area (Å²) in [7, 11) is -2.07. The number of sulfonamides is 1. The Labute approximate surface area is 249 Å². The maximum absolute atomic E-state index is 15.3. The maximum atomic E-state index is 15.3. The van der Waals surface area contributed by atoms with Crippen molar-refractivity contribution in [2.75, 3.05) is 17.1 Å². The van der Waals surface area contributed by atoms with E-state index in [-0.39, 0.29) is 21.2 Å². The zero-order chi connectivity index (χ0) is 29.6. The molecule has 8 nitrogen and oxygen atoms in total. The van der Waals surface area contributed by atoms with Crippen LogP contribution in [0.1, 0.15) is 54.9 Å². The molecular formula is C31H33ClFN5O3S. The highest BCUT2D eigenvalue weighted by Crippen LogP contribution is 2.39. The summed E-state index contributed by atoms with van der Waals surface area (Å²) in [5.41, 5.74) is 3.36. The molecule has 4 N–H and O–H groups in total. The molecule has 2 aliphatic carbocycles. The molecule has 4 aromatic rings. The highest BCUT2D eigenvalue weighted by molar-refractivity contribution is 7.92. The van der Waals surface area contributed by atoms with Crippen LogP contribution in [0.4, 0.5) is 16.0 Å². The van der Waals surface area contributed by atoms with Gasteiger partial charge in [0, 0.05) is 34.3 Å². The molecule has 0 amide bonds. The minimum absolute atomic E-state index is 0.0224. The van der Waals surface area contributed by atoms with E-state index in [0.29, 0.717) is 53.1 Å². The van der Waals surface area contributed by atoms with Crippen molar-refractivity contribution in [3.63, 3.8) is 0 Å². The van der Waals surface area contributed by atoms with Gasteiger partial charge in [0.1, 0.15) is 5.82 Å². The highest BCUT2D eigenvalue weighted by atomic mass is 35.5. The molecule has 0 saturated heterocycles. The van der Waals surface area contributed by atoms with Gasteiger partial charge < -0.3 is 15.7 Å². The molecule has 0 unspecified atom stereocenters. The van der Waals surface area contributed by atoms with E-state index in [1.807, 2.05) is 19.2 Å². The zero-order valence-corrected chi connectivity index (χ0v) is 25.0. The molecule has 3 aromatic carbocycles. The van der Waals surface area contributed by atoms with Gasteiger partial charge in [0.15, 0.2) is 0 Å². The number of benzene rings is 3. The Kier molecular flexibility index (Phi) is 7.82. The summed E-state index contributed by atoms with van der Waals surface area (Å²) in [4.78, 5) is 9.21. The summed E-state index contributed by atoms with van der Waals surface area (Å²) in [6.07, 6.45) is 6.13. The smallest absolute Gasteiger partial charge is 0.262 e. The van der Waals surface area contributed by atoms with Crippen molar-refractivity contribution in [1.29, 1.82) is 0 Å². The molecule has 1 atom stereocenters. The van der Waals surface area contributed by atoms with E-state index in [1.165, 1.54) is 18.2 Å². The number of halogens is 2. The minimum atomic E-state index is -4.07. The highest BCUT2D eigenvalue weighted by Gasteiger charge is 2.30. The van der Waals surface area contributed by atoms with Gasteiger partial charge in [-0.1, -0.05) is 17.7 Å². The van der Waals surface area contributed by atoms with Gasteiger partial charge in [-0.25, -0.2) is 22.8 Å². The average Bonchev–Trinajstić information content (AvgIpc) is 3.34.